The van der Waals surface area contributed by atoms with Crippen LogP contribution in [0.25, 0.3) is 0 Å². The molecule has 112 valence electrons. The first-order chi connectivity index (χ1) is 9.60. The molecule has 0 spiro atoms. The van der Waals surface area contributed by atoms with E-state index in [4.69, 9.17) is 4.74 Å². The number of carbonyl (C=O) groups excluding carboxylic acids is 1. The van der Waals surface area contributed by atoms with Gasteiger partial charge in [-0.15, -0.1) is 0 Å². The number of ether oxygens (including phenoxy) is 1. The molecule has 0 saturated heterocycles. The van der Waals surface area contributed by atoms with Gasteiger partial charge in [-0.05, 0) is 45.0 Å². The van der Waals surface area contributed by atoms with E-state index in [0.29, 0.717) is 6.54 Å². The highest BCUT2D eigenvalue weighted by Crippen LogP contribution is 2.11. The van der Waals surface area contributed by atoms with Crippen LogP contribution in [0.3, 0.4) is 0 Å². The van der Waals surface area contributed by atoms with Crippen molar-refractivity contribution in [2.45, 2.75) is 20.3 Å². The molecule has 0 saturated carbocycles. The highest BCUT2D eigenvalue weighted by atomic mass is 16.5. The Kier molecular flexibility index (Phi) is 7.09. The molecule has 0 fully saturated rings. The molecule has 4 heteroatoms. The smallest absolute Gasteiger partial charge is 0.236 e. The average Bonchev–Trinajstić information content (AvgIpc) is 2.47. The van der Waals surface area contributed by atoms with Crippen LogP contribution in [-0.2, 0) is 11.2 Å². The van der Waals surface area contributed by atoms with Crippen LogP contribution in [0.1, 0.15) is 19.4 Å². The first-order valence-electron chi connectivity index (χ1n) is 7.19. The summed E-state index contributed by atoms with van der Waals surface area (Å²) in [5, 5.41) is 0. The molecule has 4 nitrogen and oxygen atoms in total. The molecule has 0 heterocycles. The van der Waals surface area contributed by atoms with Crippen molar-refractivity contribution < 1.29 is 9.53 Å². The van der Waals surface area contributed by atoms with Crippen molar-refractivity contribution in [3.63, 3.8) is 0 Å². The van der Waals surface area contributed by atoms with E-state index in [9.17, 15) is 4.79 Å². The third-order valence-corrected chi connectivity index (χ3v) is 3.46. The van der Waals surface area contributed by atoms with Crippen LogP contribution in [0.2, 0.25) is 0 Å². The molecular weight excluding hydrogens is 252 g/mol. The van der Waals surface area contributed by atoms with Crippen LogP contribution in [0.4, 0.5) is 0 Å². The van der Waals surface area contributed by atoms with Gasteiger partial charge in [-0.3, -0.25) is 9.69 Å². The molecule has 0 N–H and O–H groups in total. The number of benzene rings is 1. The predicted octanol–water partition coefficient (Wildman–Crippen LogP) is 2.04. The van der Waals surface area contributed by atoms with Crippen molar-refractivity contribution >= 4 is 5.91 Å². The molecule has 0 radical (unpaired) electrons. The number of likely N-dealkylation sites (N-methyl/N-ethyl adjacent to an activating group) is 2. The highest BCUT2D eigenvalue weighted by Gasteiger charge is 2.11. The van der Waals surface area contributed by atoms with Gasteiger partial charge in [0.1, 0.15) is 5.75 Å². The number of methoxy groups -OCH3 is 1. The minimum absolute atomic E-state index is 0.201. The molecule has 1 rings (SSSR count). The second-order valence-electron chi connectivity index (χ2n) is 4.90. The van der Waals surface area contributed by atoms with Gasteiger partial charge >= 0.3 is 0 Å². The van der Waals surface area contributed by atoms with Crippen molar-refractivity contribution in [2.75, 3.05) is 40.3 Å². The molecule has 0 aliphatic heterocycles. The standard InChI is InChI=1S/C16H26N2O2/c1-5-18(6-2)16(19)13-17(3)12-11-14-7-9-15(20-4)10-8-14/h7-10H,5-6,11-13H2,1-4H3. The van der Waals surface area contributed by atoms with E-state index in [1.165, 1.54) is 5.56 Å². The van der Waals surface area contributed by atoms with Crippen molar-refractivity contribution in [3.05, 3.63) is 29.8 Å². The van der Waals surface area contributed by atoms with Gasteiger partial charge in [-0.25, -0.2) is 0 Å². The molecule has 1 aromatic carbocycles. The van der Waals surface area contributed by atoms with Crippen molar-refractivity contribution in [1.29, 1.82) is 0 Å². The van der Waals surface area contributed by atoms with E-state index < -0.39 is 0 Å². The first kappa shape index (κ1) is 16.5. The Morgan fingerprint density at radius 3 is 2.25 bits per heavy atom. The summed E-state index contributed by atoms with van der Waals surface area (Å²) in [6.07, 6.45) is 0.937. The zero-order valence-electron chi connectivity index (χ0n) is 13.1. The van der Waals surface area contributed by atoms with Crippen LogP contribution < -0.4 is 4.74 Å². The van der Waals surface area contributed by atoms with E-state index in [-0.39, 0.29) is 5.91 Å². The summed E-state index contributed by atoms with van der Waals surface area (Å²) >= 11 is 0. The lowest BCUT2D eigenvalue weighted by Crippen LogP contribution is -2.39. The van der Waals surface area contributed by atoms with Gasteiger partial charge < -0.3 is 9.64 Å². The molecule has 1 aromatic rings. The number of hydrogen-bond acceptors (Lipinski definition) is 3. The third kappa shape index (κ3) is 5.21. The summed E-state index contributed by atoms with van der Waals surface area (Å²) in [5.41, 5.74) is 1.26. The van der Waals surface area contributed by atoms with Crippen LogP contribution in [0.5, 0.6) is 5.75 Å². The van der Waals surface area contributed by atoms with E-state index in [2.05, 4.69) is 17.0 Å². The minimum Gasteiger partial charge on any atom is -0.497 e. The van der Waals surface area contributed by atoms with E-state index in [1.54, 1.807) is 7.11 Å². The number of rotatable bonds is 8. The summed E-state index contributed by atoms with van der Waals surface area (Å²) in [6, 6.07) is 8.07. The maximum atomic E-state index is 12.0. The number of amides is 1. The topological polar surface area (TPSA) is 32.8 Å². The van der Waals surface area contributed by atoms with Crippen LogP contribution >= 0.6 is 0 Å². The van der Waals surface area contributed by atoms with Crippen molar-refractivity contribution in [3.8, 4) is 5.75 Å². The summed E-state index contributed by atoms with van der Waals surface area (Å²) in [6.45, 7) is 6.94. The van der Waals surface area contributed by atoms with Crippen molar-refractivity contribution in [1.82, 2.24) is 9.80 Å². The lowest BCUT2D eigenvalue weighted by molar-refractivity contribution is -0.131. The maximum absolute atomic E-state index is 12.0. The maximum Gasteiger partial charge on any atom is 0.236 e. The monoisotopic (exact) mass is 278 g/mol. The van der Waals surface area contributed by atoms with Gasteiger partial charge in [-0.2, -0.15) is 0 Å². The Hall–Kier alpha value is -1.55. The zero-order chi connectivity index (χ0) is 15.0. The fourth-order valence-corrected chi connectivity index (χ4v) is 2.10. The Bertz CT molecular complexity index is 399. The molecule has 1 amide bonds. The Morgan fingerprint density at radius 2 is 1.75 bits per heavy atom. The van der Waals surface area contributed by atoms with Crippen LogP contribution in [-0.4, -0.2) is 56.0 Å². The lowest BCUT2D eigenvalue weighted by Gasteiger charge is -2.23. The summed E-state index contributed by atoms with van der Waals surface area (Å²) in [7, 11) is 3.66. The number of nitrogens with zero attached hydrogens (tertiary/aromatic N) is 2. The number of carbonyl (C=O) groups is 1. The van der Waals surface area contributed by atoms with Gasteiger partial charge in [0.15, 0.2) is 0 Å². The normalized spacial score (nSPS) is 10.7. The van der Waals surface area contributed by atoms with Gasteiger partial charge in [0.25, 0.3) is 0 Å². The van der Waals surface area contributed by atoms with Crippen molar-refractivity contribution in [2.24, 2.45) is 0 Å². The summed E-state index contributed by atoms with van der Waals surface area (Å²) in [4.78, 5) is 15.9. The fourth-order valence-electron chi connectivity index (χ4n) is 2.10. The fraction of sp³-hybridized carbons (Fsp3) is 0.562. The highest BCUT2D eigenvalue weighted by molar-refractivity contribution is 5.78. The van der Waals surface area contributed by atoms with Gasteiger partial charge in [0.05, 0.1) is 13.7 Å². The second kappa shape index (κ2) is 8.59. The second-order valence-corrected chi connectivity index (χ2v) is 4.90. The van der Waals surface area contributed by atoms with Gasteiger partial charge in [0.2, 0.25) is 5.91 Å². The molecule has 0 unspecified atom stereocenters. The summed E-state index contributed by atoms with van der Waals surface area (Å²) < 4.78 is 5.14. The zero-order valence-corrected chi connectivity index (χ0v) is 13.1. The SMILES string of the molecule is CCN(CC)C(=O)CN(C)CCc1ccc(OC)cc1. The van der Waals surface area contributed by atoms with Crippen LogP contribution in [0.15, 0.2) is 24.3 Å². The molecule has 0 aliphatic rings. The molecule has 0 aromatic heterocycles. The first-order valence-corrected chi connectivity index (χ1v) is 7.19. The van der Waals surface area contributed by atoms with E-state index in [0.717, 1.165) is 31.8 Å². The summed E-state index contributed by atoms with van der Waals surface area (Å²) in [5.74, 6) is 1.08. The third-order valence-electron chi connectivity index (χ3n) is 3.46. The Labute approximate surface area is 122 Å². The molecule has 0 aliphatic carbocycles. The molecule has 0 bridgehead atoms. The Balaban J connectivity index is 2.38. The lowest BCUT2D eigenvalue weighted by atomic mass is 10.1. The number of hydrogen-bond donors (Lipinski definition) is 0. The largest absolute Gasteiger partial charge is 0.497 e. The molecule has 0 atom stereocenters. The van der Waals surface area contributed by atoms with Gasteiger partial charge in [-0.1, -0.05) is 12.1 Å². The minimum atomic E-state index is 0.201. The van der Waals surface area contributed by atoms with Crippen LogP contribution in [0, 0.1) is 0 Å². The Morgan fingerprint density at radius 1 is 1.15 bits per heavy atom. The quantitative estimate of drug-likeness (QED) is 0.729. The van der Waals surface area contributed by atoms with E-state index >= 15 is 0 Å². The van der Waals surface area contributed by atoms with E-state index in [1.807, 2.05) is 37.9 Å². The van der Waals surface area contributed by atoms with Gasteiger partial charge in [0, 0.05) is 19.6 Å². The predicted molar refractivity (Wildman–Crippen MR) is 82.1 cm³/mol. The molecule has 20 heavy (non-hydrogen) atoms. The average molecular weight is 278 g/mol. The molecular formula is C16H26N2O2.